The molecule has 4 amide bonds. The van der Waals surface area contributed by atoms with Gasteiger partial charge in [0.05, 0.1) is 6.04 Å². The molecule has 2 aliphatic rings. The van der Waals surface area contributed by atoms with Crippen LogP contribution in [0.15, 0.2) is 42.5 Å². The summed E-state index contributed by atoms with van der Waals surface area (Å²) in [6, 6.07) is 13.3. The van der Waals surface area contributed by atoms with E-state index in [-0.39, 0.29) is 18.5 Å². The van der Waals surface area contributed by atoms with E-state index in [2.05, 4.69) is 42.7 Å². The molecule has 2 N–H and O–H groups in total. The Morgan fingerprint density at radius 2 is 1.64 bits per heavy atom. The Kier molecular flexibility index (Phi) is 6.28. The van der Waals surface area contributed by atoms with Crippen LogP contribution in [0.25, 0.3) is 0 Å². The number of imide groups is 1. The fourth-order valence-corrected chi connectivity index (χ4v) is 4.77. The first-order valence-electron chi connectivity index (χ1n) is 11.8. The molecule has 0 bridgehead atoms. The second kappa shape index (κ2) is 9.00. The van der Waals surface area contributed by atoms with Crippen LogP contribution in [0.5, 0.6) is 0 Å². The molecule has 1 fully saturated rings. The van der Waals surface area contributed by atoms with Gasteiger partial charge in [-0.15, -0.1) is 0 Å². The minimum Gasteiger partial charge on any atom is -0.348 e. The van der Waals surface area contributed by atoms with E-state index < -0.39 is 17.5 Å². The largest absolute Gasteiger partial charge is 0.348 e. The number of rotatable bonds is 6. The van der Waals surface area contributed by atoms with Gasteiger partial charge in [0.15, 0.2) is 0 Å². The topological polar surface area (TPSA) is 78.5 Å². The number of benzene rings is 2. The SMILES string of the molecule is CC(C)c1ccc(C2(C)NC(=O)N(CC(=O)NC(C)c3ccc4c(c3)CCCC4)C2=O)cc1. The third kappa shape index (κ3) is 4.52. The first kappa shape index (κ1) is 23.0. The molecule has 1 saturated heterocycles. The van der Waals surface area contributed by atoms with E-state index in [4.69, 9.17) is 0 Å². The molecule has 0 radical (unpaired) electrons. The molecule has 4 rings (SSSR count). The lowest BCUT2D eigenvalue weighted by Crippen LogP contribution is -2.43. The van der Waals surface area contributed by atoms with Crippen molar-refractivity contribution in [1.82, 2.24) is 15.5 Å². The van der Waals surface area contributed by atoms with Crippen LogP contribution in [0.4, 0.5) is 4.79 Å². The van der Waals surface area contributed by atoms with Gasteiger partial charge < -0.3 is 10.6 Å². The van der Waals surface area contributed by atoms with Crippen molar-refractivity contribution in [3.05, 3.63) is 70.3 Å². The second-order valence-electron chi connectivity index (χ2n) is 9.75. The van der Waals surface area contributed by atoms with E-state index in [0.717, 1.165) is 28.9 Å². The number of fused-ring (bicyclic) bond motifs is 1. The van der Waals surface area contributed by atoms with Gasteiger partial charge in [0.25, 0.3) is 5.91 Å². The fraction of sp³-hybridized carbons (Fsp3) is 0.444. The van der Waals surface area contributed by atoms with Gasteiger partial charge >= 0.3 is 6.03 Å². The summed E-state index contributed by atoms with van der Waals surface area (Å²) in [5.74, 6) is -0.400. The maximum atomic E-state index is 13.2. The molecule has 33 heavy (non-hydrogen) atoms. The van der Waals surface area contributed by atoms with Crippen LogP contribution in [-0.4, -0.2) is 29.3 Å². The number of nitrogens with zero attached hydrogens (tertiary/aromatic N) is 1. The third-order valence-electron chi connectivity index (χ3n) is 6.98. The summed E-state index contributed by atoms with van der Waals surface area (Å²) < 4.78 is 0. The highest BCUT2D eigenvalue weighted by atomic mass is 16.2. The fourth-order valence-electron chi connectivity index (χ4n) is 4.77. The molecule has 1 aliphatic carbocycles. The Morgan fingerprint density at radius 3 is 2.30 bits per heavy atom. The van der Waals surface area contributed by atoms with E-state index in [1.807, 2.05) is 31.2 Å². The average molecular weight is 448 g/mol. The van der Waals surface area contributed by atoms with Crippen LogP contribution >= 0.6 is 0 Å². The summed E-state index contributed by atoms with van der Waals surface area (Å²) in [6.45, 7) is 7.51. The van der Waals surface area contributed by atoms with E-state index in [1.54, 1.807) is 6.92 Å². The van der Waals surface area contributed by atoms with Crippen LogP contribution in [0, 0.1) is 0 Å². The smallest absolute Gasteiger partial charge is 0.325 e. The van der Waals surface area contributed by atoms with Gasteiger partial charge in [-0.1, -0.05) is 56.3 Å². The van der Waals surface area contributed by atoms with Crippen molar-refractivity contribution in [3.63, 3.8) is 0 Å². The lowest BCUT2D eigenvalue weighted by atomic mass is 9.89. The minimum absolute atomic E-state index is 0.208. The molecule has 0 saturated carbocycles. The van der Waals surface area contributed by atoms with Gasteiger partial charge in [0.2, 0.25) is 5.91 Å². The molecule has 2 aromatic carbocycles. The number of urea groups is 1. The Balaban J connectivity index is 1.42. The predicted molar refractivity (Wildman–Crippen MR) is 128 cm³/mol. The lowest BCUT2D eigenvalue weighted by molar-refractivity contribution is -0.135. The molecule has 2 aromatic rings. The van der Waals surface area contributed by atoms with Crippen LogP contribution in [0.1, 0.15) is 80.3 Å². The summed E-state index contributed by atoms with van der Waals surface area (Å²) in [5.41, 5.74) is 4.46. The van der Waals surface area contributed by atoms with Crippen molar-refractivity contribution in [2.45, 2.75) is 70.9 Å². The molecule has 6 heteroatoms. The van der Waals surface area contributed by atoms with E-state index in [0.29, 0.717) is 11.5 Å². The van der Waals surface area contributed by atoms with Gasteiger partial charge in [-0.2, -0.15) is 0 Å². The van der Waals surface area contributed by atoms with Crippen LogP contribution in [0.3, 0.4) is 0 Å². The second-order valence-corrected chi connectivity index (χ2v) is 9.75. The van der Waals surface area contributed by atoms with Gasteiger partial charge in [0.1, 0.15) is 12.1 Å². The van der Waals surface area contributed by atoms with Crippen molar-refractivity contribution in [2.75, 3.05) is 6.54 Å². The zero-order valence-corrected chi connectivity index (χ0v) is 19.9. The van der Waals surface area contributed by atoms with E-state index in [9.17, 15) is 14.4 Å². The predicted octanol–water partition coefficient (Wildman–Crippen LogP) is 4.33. The van der Waals surface area contributed by atoms with Crippen molar-refractivity contribution in [3.8, 4) is 0 Å². The third-order valence-corrected chi connectivity index (χ3v) is 6.98. The monoisotopic (exact) mass is 447 g/mol. The first-order chi connectivity index (χ1) is 15.7. The molecular weight excluding hydrogens is 414 g/mol. The number of nitrogens with one attached hydrogen (secondary N) is 2. The summed E-state index contributed by atoms with van der Waals surface area (Å²) in [7, 11) is 0. The van der Waals surface area contributed by atoms with E-state index >= 15 is 0 Å². The summed E-state index contributed by atoms with van der Waals surface area (Å²) >= 11 is 0. The molecule has 2 unspecified atom stereocenters. The Hall–Kier alpha value is -3.15. The summed E-state index contributed by atoms with van der Waals surface area (Å²) in [5, 5.41) is 5.72. The Labute approximate surface area is 195 Å². The number of hydrogen-bond donors (Lipinski definition) is 2. The first-order valence-corrected chi connectivity index (χ1v) is 11.8. The Bertz CT molecular complexity index is 1080. The molecular formula is C27H33N3O3. The van der Waals surface area contributed by atoms with Gasteiger partial charge in [-0.25, -0.2) is 4.79 Å². The molecule has 0 spiro atoms. The maximum Gasteiger partial charge on any atom is 0.325 e. The van der Waals surface area contributed by atoms with E-state index in [1.165, 1.54) is 24.0 Å². The number of carbonyl (C=O) groups is 3. The zero-order chi connectivity index (χ0) is 23.8. The maximum absolute atomic E-state index is 13.2. The number of amides is 4. The van der Waals surface area contributed by atoms with Crippen LogP contribution < -0.4 is 10.6 Å². The average Bonchev–Trinajstić information content (AvgIpc) is 3.02. The van der Waals surface area contributed by atoms with Gasteiger partial charge in [-0.3, -0.25) is 14.5 Å². The molecule has 2 atom stereocenters. The van der Waals surface area contributed by atoms with Gasteiger partial charge in [-0.05, 0) is 73.3 Å². The van der Waals surface area contributed by atoms with Crippen molar-refractivity contribution in [2.24, 2.45) is 0 Å². The van der Waals surface area contributed by atoms with Crippen LogP contribution in [-0.2, 0) is 28.0 Å². The van der Waals surface area contributed by atoms with Gasteiger partial charge in [0, 0.05) is 0 Å². The van der Waals surface area contributed by atoms with Crippen molar-refractivity contribution in [1.29, 1.82) is 0 Å². The highest BCUT2D eigenvalue weighted by Crippen LogP contribution is 2.30. The quantitative estimate of drug-likeness (QED) is 0.647. The molecule has 6 nitrogen and oxygen atoms in total. The number of carbonyl (C=O) groups excluding carboxylic acids is 3. The number of hydrogen-bond acceptors (Lipinski definition) is 3. The standard InChI is InChI=1S/C27H33N3O3/c1-17(2)19-11-13-23(14-12-19)27(4)25(32)30(26(33)29-27)16-24(31)28-18(3)21-10-9-20-7-5-6-8-22(20)15-21/h9-15,17-18H,5-8,16H2,1-4H3,(H,28,31)(H,29,33). The molecule has 1 aliphatic heterocycles. The molecule has 174 valence electrons. The highest BCUT2D eigenvalue weighted by Gasteiger charge is 2.49. The number of aryl methyl sites for hydroxylation is 2. The normalized spacial score (nSPS) is 21.1. The van der Waals surface area contributed by atoms with Crippen molar-refractivity contribution >= 4 is 17.8 Å². The van der Waals surface area contributed by atoms with Crippen molar-refractivity contribution < 1.29 is 14.4 Å². The zero-order valence-electron chi connectivity index (χ0n) is 19.9. The molecule has 0 aromatic heterocycles. The lowest BCUT2D eigenvalue weighted by Gasteiger charge is -2.23. The summed E-state index contributed by atoms with van der Waals surface area (Å²) in [4.78, 5) is 39.5. The minimum atomic E-state index is -1.18. The highest BCUT2D eigenvalue weighted by molar-refractivity contribution is 6.09. The summed E-state index contributed by atoms with van der Waals surface area (Å²) in [6.07, 6.45) is 4.61. The molecule has 1 heterocycles. The Morgan fingerprint density at radius 1 is 1.00 bits per heavy atom. The van der Waals surface area contributed by atoms with Crippen LogP contribution in [0.2, 0.25) is 0 Å².